The fourth-order valence-corrected chi connectivity index (χ4v) is 3.55. The van der Waals surface area contributed by atoms with Gasteiger partial charge in [-0.2, -0.15) is 0 Å². The lowest BCUT2D eigenvalue weighted by atomic mass is 10.0. The largest absolute Gasteiger partial charge is 0.344 e. The van der Waals surface area contributed by atoms with Crippen LogP contribution in [0.2, 0.25) is 0 Å². The molecule has 1 amide bonds. The van der Waals surface area contributed by atoms with Crippen LogP contribution >= 0.6 is 15.9 Å². The fraction of sp³-hybridized carbons (Fsp3) is 0.350. The lowest BCUT2D eigenvalue weighted by Gasteiger charge is -2.35. The van der Waals surface area contributed by atoms with E-state index in [1.807, 2.05) is 42.5 Å². The highest BCUT2D eigenvalue weighted by molar-refractivity contribution is 9.10. The van der Waals surface area contributed by atoms with Gasteiger partial charge in [-0.25, -0.2) is 0 Å². The molecule has 1 N–H and O–H groups in total. The van der Waals surface area contributed by atoms with Crippen LogP contribution in [-0.4, -0.2) is 55.5 Å². The molecule has 1 aliphatic heterocycles. The molecule has 1 saturated heterocycles. The molecule has 132 valence electrons. The number of hydrogen-bond acceptors (Lipinski definition) is 3. The topological polar surface area (TPSA) is 35.6 Å². The Morgan fingerprint density at radius 2 is 1.68 bits per heavy atom. The van der Waals surface area contributed by atoms with Gasteiger partial charge >= 0.3 is 0 Å². The van der Waals surface area contributed by atoms with E-state index in [-0.39, 0.29) is 11.9 Å². The molecular weight excluding hydrogens is 378 g/mol. The number of piperazine rings is 1. The van der Waals surface area contributed by atoms with Crippen LogP contribution < -0.4 is 5.32 Å². The highest BCUT2D eigenvalue weighted by Crippen LogP contribution is 2.19. The van der Waals surface area contributed by atoms with E-state index in [4.69, 9.17) is 0 Å². The predicted octanol–water partition coefficient (Wildman–Crippen LogP) is 3.17. The van der Waals surface area contributed by atoms with Crippen molar-refractivity contribution in [2.45, 2.75) is 6.04 Å². The molecule has 0 radical (unpaired) electrons. The van der Waals surface area contributed by atoms with Gasteiger partial charge < -0.3 is 10.2 Å². The average molecular weight is 402 g/mol. The quantitative estimate of drug-likeness (QED) is 0.835. The number of nitrogens with one attached hydrogen (secondary N) is 1. The molecule has 0 spiro atoms. The number of nitrogens with zero attached hydrogens (tertiary/aromatic N) is 2. The summed E-state index contributed by atoms with van der Waals surface area (Å²) < 4.78 is 0.818. The summed E-state index contributed by atoms with van der Waals surface area (Å²) in [6.07, 6.45) is 0. The zero-order valence-electron chi connectivity index (χ0n) is 14.5. The van der Waals surface area contributed by atoms with E-state index in [1.54, 1.807) is 0 Å². The van der Waals surface area contributed by atoms with Gasteiger partial charge in [-0.3, -0.25) is 9.69 Å². The molecule has 0 aromatic heterocycles. The molecule has 4 nitrogen and oxygen atoms in total. The SMILES string of the molecule is CN1CCN(CC(NC(=O)c2ccccc2Br)c2ccccc2)CC1. The van der Waals surface area contributed by atoms with E-state index in [2.05, 4.69) is 50.2 Å². The van der Waals surface area contributed by atoms with Crippen molar-refractivity contribution in [1.29, 1.82) is 0 Å². The molecule has 25 heavy (non-hydrogen) atoms. The van der Waals surface area contributed by atoms with E-state index in [0.717, 1.165) is 42.8 Å². The first-order chi connectivity index (χ1) is 12.1. The maximum Gasteiger partial charge on any atom is 0.252 e. The molecule has 0 bridgehead atoms. The van der Waals surface area contributed by atoms with Gasteiger partial charge in [0.1, 0.15) is 0 Å². The Bertz CT molecular complexity index is 699. The number of likely N-dealkylation sites (N-methyl/N-ethyl adjacent to an activating group) is 1. The lowest BCUT2D eigenvalue weighted by molar-refractivity contribution is 0.0906. The van der Waals surface area contributed by atoms with E-state index in [9.17, 15) is 4.79 Å². The molecule has 2 aromatic rings. The van der Waals surface area contributed by atoms with Crippen molar-refractivity contribution in [3.63, 3.8) is 0 Å². The fourth-order valence-electron chi connectivity index (χ4n) is 3.09. The molecule has 2 aromatic carbocycles. The molecular formula is C20H24BrN3O. The minimum Gasteiger partial charge on any atom is -0.344 e. The van der Waals surface area contributed by atoms with Crippen molar-refractivity contribution < 1.29 is 4.79 Å². The lowest BCUT2D eigenvalue weighted by Crippen LogP contribution is -2.47. The van der Waals surface area contributed by atoms with Crippen molar-refractivity contribution in [3.05, 3.63) is 70.2 Å². The van der Waals surface area contributed by atoms with Crippen LogP contribution in [0.15, 0.2) is 59.1 Å². The molecule has 0 saturated carbocycles. The molecule has 1 atom stereocenters. The van der Waals surface area contributed by atoms with Gasteiger partial charge in [0.2, 0.25) is 0 Å². The molecule has 0 aliphatic carbocycles. The molecule has 3 rings (SSSR count). The number of rotatable bonds is 5. The normalized spacial score (nSPS) is 17.2. The van der Waals surface area contributed by atoms with Gasteiger partial charge in [-0.05, 0) is 40.7 Å². The Kier molecular flexibility index (Phi) is 6.24. The van der Waals surface area contributed by atoms with Crippen LogP contribution in [0, 0.1) is 0 Å². The average Bonchev–Trinajstić information content (AvgIpc) is 2.64. The van der Waals surface area contributed by atoms with Crippen LogP contribution in [0.25, 0.3) is 0 Å². The van der Waals surface area contributed by atoms with E-state index in [0.29, 0.717) is 5.56 Å². The number of benzene rings is 2. The first-order valence-electron chi connectivity index (χ1n) is 8.65. The standard InChI is InChI=1S/C20H24BrN3O/c1-23-11-13-24(14-12-23)15-19(16-7-3-2-4-8-16)22-20(25)17-9-5-6-10-18(17)21/h2-10,19H,11-15H2,1H3,(H,22,25). The van der Waals surface area contributed by atoms with Crippen molar-refractivity contribution in [2.75, 3.05) is 39.8 Å². The number of carbonyl (C=O) groups is 1. The van der Waals surface area contributed by atoms with E-state index >= 15 is 0 Å². The number of hydrogen-bond donors (Lipinski definition) is 1. The van der Waals surface area contributed by atoms with Crippen LogP contribution in [0.3, 0.4) is 0 Å². The Hall–Kier alpha value is -1.69. The third-order valence-corrected chi connectivity index (χ3v) is 5.35. The zero-order chi connectivity index (χ0) is 17.6. The Balaban J connectivity index is 1.75. The van der Waals surface area contributed by atoms with Crippen LogP contribution in [0.1, 0.15) is 22.0 Å². The van der Waals surface area contributed by atoms with Crippen molar-refractivity contribution in [3.8, 4) is 0 Å². The van der Waals surface area contributed by atoms with Crippen molar-refractivity contribution >= 4 is 21.8 Å². The number of carbonyl (C=O) groups excluding carboxylic acids is 1. The van der Waals surface area contributed by atoms with Crippen LogP contribution in [0.5, 0.6) is 0 Å². The first-order valence-corrected chi connectivity index (χ1v) is 9.44. The molecule has 1 fully saturated rings. The number of halogens is 1. The summed E-state index contributed by atoms with van der Waals surface area (Å²) >= 11 is 3.47. The second-order valence-corrected chi connectivity index (χ2v) is 7.37. The van der Waals surface area contributed by atoms with Gasteiger partial charge in [-0.15, -0.1) is 0 Å². The Labute approximate surface area is 158 Å². The summed E-state index contributed by atoms with van der Waals surface area (Å²) in [6.45, 7) is 5.03. The first kappa shape index (κ1) is 18.1. The Morgan fingerprint density at radius 1 is 1.04 bits per heavy atom. The van der Waals surface area contributed by atoms with Gasteiger partial charge in [-0.1, -0.05) is 42.5 Å². The summed E-state index contributed by atoms with van der Waals surface area (Å²) in [6, 6.07) is 17.7. The Morgan fingerprint density at radius 3 is 2.36 bits per heavy atom. The summed E-state index contributed by atoms with van der Waals surface area (Å²) in [5.41, 5.74) is 1.81. The predicted molar refractivity (Wildman–Crippen MR) is 105 cm³/mol. The second-order valence-electron chi connectivity index (χ2n) is 6.52. The van der Waals surface area contributed by atoms with Gasteiger partial charge in [0.15, 0.2) is 0 Å². The van der Waals surface area contributed by atoms with Gasteiger partial charge in [0, 0.05) is 37.2 Å². The minimum atomic E-state index is -0.0459. The summed E-state index contributed by atoms with van der Waals surface area (Å²) in [7, 11) is 2.15. The van der Waals surface area contributed by atoms with E-state index < -0.39 is 0 Å². The maximum atomic E-state index is 12.8. The summed E-state index contributed by atoms with van der Waals surface area (Å²) in [4.78, 5) is 17.5. The van der Waals surface area contributed by atoms with Gasteiger partial charge in [0.05, 0.1) is 11.6 Å². The second kappa shape index (κ2) is 8.61. The summed E-state index contributed by atoms with van der Waals surface area (Å²) in [5, 5.41) is 3.22. The smallest absolute Gasteiger partial charge is 0.252 e. The highest BCUT2D eigenvalue weighted by atomic mass is 79.9. The van der Waals surface area contributed by atoms with Gasteiger partial charge in [0.25, 0.3) is 5.91 Å². The minimum absolute atomic E-state index is 0.0239. The number of amides is 1. The monoisotopic (exact) mass is 401 g/mol. The third kappa shape index (κ3) is 4.91. The molecule has 1 heterocycles. The van der Waals surface area contributed by atoms with Crippen molar-refractivity contribution in [1.82, 2.24) is 15.1 Å². The third-order valence-electron chi connectivity index (χ3n) is 4.66. The van der Waals surface area contributed by atoms with Crippen molar-refractivity contribution in [2.24, 2.45) is 0 Å². The molecule has 5 heteroatoms. The molecule has 1 aliphatic rings. The highest BCUT2D eigenvalue weighted by Gasteiger charge is 2.22. The zero-order valence-corrected chi connectivity index (χ0v) is 16.1. The van der Waals surface area contributed by atoms with E-state index in [1.165, 1.54) is 0 Å². The van der Waals surface area contributed by atoms with Crippen LogP contribution in [0.4, 0.5) is 0 Å². The van der Waals surface area contributed by atoms with Crippen LogP contribution in [-0.2, 0) is 0 Å². The maximum absolute atomic E-state index is 12.8. The summed E-state index contributed by atoms with van der Waals surface area (Å²) in [5.74, 6) is -0.0459. The molecule has 1 unspecified atom stereocenters.